The molecule has 142 valence electrons. The fourth-order valence-corrected chi connectivity index (χ4v) is 3.51. The summed E-state index contributed by atoms with van der Waals surface area (Å²) in [7, 11) is 3.79. The number of benzene rings is 1. The second-order valence-electron chi connectivity index (χ2n) is 6.69. The number of guanidine groups is 1. The number of nitrogens with one attached hydrogen (secondary N) is 2. The van der Waals surface area contributed by atoms with Crippen molar-refractivity contribution in [2.75, 3.05) is 13.6 Å². The quantitative estimate of drug-likeness (QED) is 0.530. The maximum absolute atomic E-state index is 4.47. The van der Waals surface area contributed by atoms with Crippen LogP contribution in [0, 0.1) is 19.8 Å². The number of hydrogen-bond acceptors (Lipinski definition) is 2. The largest absolute Gasteiger partial charge is 0.356 e. The molecule has 0 aliphatic heterocycles. The Bertz CT molecular complexity index is 751. The first kappa shape index (κ1) is 20.5. The zero-order valence-corrected chi connectivity index (χ0v) is 18.0. The van der Waals surface area contributed by atoms with Crippen LogP contribution in [0.3, 0.4) is 0 Å². The lowest BCUT2D eigenvalue weighted by Gasteiger charge is -2.18. The Hall–Kier alpha value is -1.82. The first-order chi connectivity index (χ1) is 12.4. The van der Waals surface area contributed by atoms with E-state index < -0.39 is 0 Å². The summed E-state index contributed by atoms with van der Waals surface area (Å²) in [6.07, 6.45) is 2.18. The second kappa shape index (κ2) is 9.76. The van der Waals surface area contributed by atoms with Gasteiger partial charge in [-0.3, -0.25) is 9.67 Å². The molecule has 0 saturated heterocycles. The van der Waals surface area contributed by atoms with E-state index in [-0.39, 0.29) is 0 Å². The predicted octanol–water partition coefficient (Wildman–Crippen LogP) is 3.73. The normalized spacial score (nSPS) is 12.9. The van der Waals surface area contributed by atoms with Crippen molar-refractivity contribution >= 4 is 21.9 Å². The fraction of sp³-hybridized carbons (Fsp3) is 0.500. The number of aryl methyl sites for hydroxylation is 2. The van der Waals surface area contributed by atoms with Crippen LogP contribution in [-0.2, 0) is 20.0 Å². The van der Waals surface area contributed by atoms with Gasteiger partial charge in [-0.15, -0.1) is 0 Å². The minimum absolute atomic E-state index is 0.560. The molecule has 0 radical (unpaired) electrons. The number of aromatic nitrogens is 2. The van der Waals surface area contributed by atoms with E-state index in [9.17, 15) is 0 Å². The summed E-state index contributed by atoms with van der Waals surface area (Å²) in [6.45, 7) is 8.01. The van der Waals surface area contributed by atoms with Crippen molar-refractivity contribution in [1.82, 2.24) is 20.4 Å². The molecule has 0 saturated carbocycles. The number of aliphatic imine (C=N–C) groups is 1. The average Bonchev–Trinajstić information content (AvgIpc) is 2.86. The van der Waals surface area contributed by atoms with Crippen LogP contribution in [0.15, 0.2) is 33.7 Å². The van der Waals surface area contributed by atoms with Gasteiger partial charge in [-0.1, -0.05) is 41.4 Å². The first-order valence-electron chi connectivity index (χ1n) is 9.12. The van der Waals surface area contributed by atoms with E-state index in [1.165, 1.54) is 16.8 Å². The summed E-state index contributed by atoms with van der Waals surface area (Å²) in [5.74, 6) is 1.39. The summed E-state index contributed by atoms with van der Waals surface area (Å²) in [6, 6.07) is 8.55. The van der Waals surface area contributed by atoms with E-state index in [4.69, 9.17) is 0 Å². The second-order valence-corrected chi connectivity index (χ2v) is 7.60. The highest BCUT2D eigenvalue weighted by atomic mass is 79.9. The van der Waals surface area contributed by atoms with Crippen LogP contribution >= 0.6 is 15.9 Å². The van der Waals surface area contributed by atoms with Gasteiger partial charge in [0.05, 0.1) is 5.69 Å². The molecule has 0 fully saturated rings. The van der Waals surface area contributed by atoms with Crippen molar-refractivity contribution in [2.24, 2.45) is 18.0 Å². The van der Waals surface area contributed by atoms with Gasteiger partial charge in [-0.2, -0.15) is 5.10 Å². The maximum atomic E-state index is 4.47. The van der Waals surface area contributed by atoms with Gasteiger partial charge >= 0.3 is 0 Å². The zero-order valence-electron chi connectivity index (χ0n) is 16.4. The SMILES string of the molecule is CCC(CNC(=NC)NCc1c(C)nn(C)c1C)Cc1cccc(Br)c1. The highest BCUT2D eigenvalue weighted by molar-refractivity contribution is 9.10. The lowest BCUT2D eigenvalue weighted by Crippen LogP contribution is -2.39. The topological polar surface area (TPSA) is 54.2 Å². The van der Waals surface area contributed by atoms with E-state index >= 15 is 0 Å². The van der Waals surface area contributed by atoms with Crippen LogP contribution < -0.4 is 10.6 Å². The third-order valence-electron chi connectivity index (χ3n) is 4.86. The minimum atomic E-state index is 0.560. The van der Waals surface area contributed by atoms with Gasteiger partial charge in [-0.05, 0) is 43.9 Å². The molecule has 1 aromatic heterocycles. The van der Waals surface area contributed by atoms with Crippen LogP contribution in [0.2, 0.25) is 0 Å². The number of rotatable bonds is 7. The highest BCUT2D eigenvalue weighted by Crippen LogP contribution is 2.16. The molecule has 1 unspecified atom stereocenters. The lowest BCUT2D eigenvalue weighted by molar-refractivity contribution is 0.493. The molecule has 0 spiro atoms. The van der Waals surface area contributed by atoms with Gasteiger partial charge in [0.25, 0.3) is 0 Å². The number of halogens is 1. The Labute approximate surface area is 165 Å². The standard InChI is InChI=1S/C20H30BrN5/c1-6-16(10-17-8-7-9-18(21)11-17)12-23-20(22-4)24-13-19-14(2)25-26(5)15(19)3/h7-9,11,16H,6,10,12-13H2,1-5H3,(H2,22,23,24). The van der Waals surface area contributed by atoms with Gasteiger partial charge < -0.3 is 10.6 Å². The van der Waals surface area contributed by atoms with E-state index in [0.29, 0.717) is 5.92 Å². The van der Waals surface area contributed by atoms with Crippen molar-refractivity contribution in [2.45, 2.75) is 40.2 Å². The van der Waals surface area contributed by atoms with Gasteiger partial charge in [0.1, 0.15) is 0 Å². The summed E-state index contributed by atoms with van der Waals surface area (Å²) < 4.78 is 3.06. The molecule has 0 bridgehead atoms. The lowest BCUT2D eigenvalue weighted by atomic mass is 9.97. The van der Waals surface area contributed by atoms with Crippen LogP contribution in [0.4, 0.5) is 0 Å². The molecule has 1 heterocycles. The van der Waals surface area contributed by atoms with Crippen molar-refractivity contribution in [3.63, 3.8) is 0 Å². The fourth-order valence-electron chi connectivity index (χ4n) is 3.07. The van der Waals surface area contributed by atoms with Gasteiger partial charge in [0.2, 0.25) is 0 Å². The van der Waals surface area contributed by atoms with Crippen LogP contribution in [0.5, 0.6) is 0 Å². The van der Waals surface area contributed by atoms with Crippen molar-refractivity contribution < 1.29 is 0 Å². The third kappa shape index (κ3) is 5.59. The Morgan fingerprint density at radius 2 is 2.08 bits per heavy atom. The van der Waals surface area contributed by atoms with Crippen molar-refractivity contribution in [3.05, 3.63) is 51.3 Å². The summed E-state index contributed by atoms with van der Waals surface area (Å²) >= 11 is 3.55. The van der Waals surface area contributed by atoms with Crippen LogP contribution in [-0.4, -0.2) is 29.3 Å². The molecule has 5 nitrogen and oxygen atoms in total. The monoisotopic (exact) mass is 419 g/mol. The minimum Gasteiger partial charge on any atom is -0.356 e. The van der Waals surface area contributed by atoms with Crippen LogP contribution in [0.25, 0.3) is 0 Å². The molecule has 0 aliphatic rings. The van der Waals surface area contributed by atoms with Gasteiger partial charge in [0.15, 0.2) is 5.96 Å². The summed E-state index contributed by atoms with van der Waals surface area (Å²) in [5, 5.41) is 11.4. The molecule has 2 N–H and O–H groups in total. The van der Waals surface area contributed by atoms with Crippen molar-refractivity contribution in [1.29, 1.82) is 0 Å². The van der Waals surface area contributed by atoms with Gasteiger partial charge in [-0.25, -0.2) is 0 Å². The molecule has 0 aliphatic carbocycles. The molecule has 0 amide bonds. The first-order valence-corrected chi connectivity index (χ1v) is 9.91. The third-order valence-corrected chi connectivity index (χ3v) is 5.36. The van der Waals surface area contributed by atoms with Gasteiger partial charge in [0, 0.05) is 42.9 Å². The maximum Gasteiger partial charge on any atom is 0.191 e. The Morgan fingerprint density at radius 1 is 1.31 bits per heavy atom. The summed E-state index contributed by atoms with van der Waals surface area (Å²) in [5.41, 5.74) is 4.84. The smallest absolute Gasteiger partial charge is 0.191 e. The predicted molar refractivity (Wildman–Crippen MR) is 113 cm³/mol. The highest BCUT2D eigenvalue weighted by Gasteiger charge is 2.12. The molecule has 1 atom stereocenters. The molecule has 2 aromatic rings. The molecule has 1 aromatic carbocycles. The average molecular weight is 420 g/mol. The van der Waals surface area contributed by atoms with E-state index in [2.05, 4.69) is 74.8 Å². The zero-order chi connectivity index (χ0) is 19.1. The molecule has 26 heavy (non-hydrogen) atoms. The number of nitrogens with zero attached hydrogens (tertiary/aromatic N) is 3. The molecular weight excluding hydrogens is 390 g/mol. The van der Waals surface area contributed by atoms with Crippen LogP contribution in [0.1, 0.15) is 35.9 Å². The Balaban J connectivity index is 1.88. The Morgan fingerprint density at radius 3 is 2.65 bits per heavy atom. The van der Waals surface area contributed by atoms with E-state index in [1.807, 2.05) is 25.7 Å². The van der Waals surface area contributed by atoms with E-state index in [0.717, 1.165) is 42.1 Å². The number of hydrogen-bond donors (Lipinski definition) is 2. The Kier molecular flexibility index (Phi) is 7.69. The molecular formula is C20H30BrN5. The van der Waals surface area contributed by atoms with E-state index in [1.54, 1.807) is 0 Å². The van der Waals surface area contributed by atoms with Crippen molar-refractivity contribution in [3.8, 4) is 0 Å². The molecule has 6 heteroatoms. The molecule has 2 rings (SSSR count). The summed E-state index contributed by atoms with van der Waals surface area (Å²) in [4.78, 5) is 4.36.